The standard InChI is InChI=1S/C21H28N2O/c1-22-20-13-8-14-23(17-20)15-16-24-21(18-9-4-2-5-10-18)19-11-6-3-7-12-19/h2-7,9-12,20-22H,8,13-17H2,1H3. The van der Waals surface area contributed by atoms with Crippen LogP contribution in [0.25, 0.3) is 0 Å². The minimum Gasteiger partial charge on any atom is -0.367 e. The maximum Gasteiger partial charge on any atom is 0.108 e. The molecule has 2 aromatic carbocycles. The fourth-order valence-corrected chi connectivity index (χ4v) is 3.43. The SMILES string of the molecule is CNC1CCCN(CCOC(c2ccccc2)c2ccccc2)C1. The largest absolute Gasteiger partial charge is 0.367 e. The second-order valence-corrected chi connectivity index (χ2v) is 6.50. The van der Waals surface area contributed by atoms with Crippen molar-refractivity contribution >= 4 is 0 Å². The maximum absolute atomic E-state index is 6.32. The smallest absolute Gasteiger partial charge is 0.108 e. The molecule has 1 heterocycles. The molecule has 1 fully saturated rings. The zero-order valence-corrected chi connectivity index (χ0v) is 14.5. The third kappa shape index (κ3) is 4.67. The van der Waals surface area contributed by atoms with Gasteiger partial charge in [-0.2, -0.15) is 0 Å². The second-order valence-electron chi connectivity index (χ2n) is 6.50. The maximum atomic E-state index is 6.32. The summed E-state index contributed by atoms with van der Waals surface area (Å²) in [5, 5.41) is 3.40. The summed E-state index contributed by atoms with van der Waals surface area (Å²) in [6, 6.07) is 21.6. The summed E-state index contributed by atoms with van der Waals surface area (Å²) < 4.78 is 6.32. The van der Waals surface area contributed by atoms with Crippen LogP contribution in [0.4, 0.5) is 0 Å². The predicted octanol–water partition coefficient (Wildman–Crippen LogP) is 3.48. The van der Waals surface area contributed by atoms with Gasteiger partial charge in [0.25, 0.3) is 0 Å². The van der Waals surface area contributed by atoms with Gasteiger partial charge in [0.05, 0.1) is 6.61 Å². The van der Waals surface area contributed by atoms with Crippen LogP contribution in [0.1, 0.15) is 30.1 Å². The molecule has 0 aromatic heterocycles. The molecule has 3 heteroatoms. The van der Waals surface area contributed by atoms with E-state index in [0.29, 0.717) is 6.04 Å². The number of nitrogens with zero attached hydrogens (tertiary/aromatic N) is 1. The van der Waals surface area contributed by atoms with Gasteiger partial charge in [-0.1, -0.05) is 60.7 Å². The van der Waals surface area contributed by atoms with Crippen LogP contribution in [0.5, 0.6) is 0 Å². The summed E-state index contributed by atoms with van der Waals surface area (Å²) in [5.74, 6) is 0. The van der Waals surface area contributed by atoms with Crippen molar-refractivity contribution in [1.82, 2.24) is 10.2 Å². The summed E-state index contributed by atoms with van der Waals surface area (Å²) in [6.07, 6.45) is 2.56. The lowest BCUT2D eigenvalue weighted by Crippen LogP contribution is -2.45. The van der Waals surface area contributed by atoms with E-state index in [0.717, 1.165) is 19.7 Å². The average molecular weight is 324 g/mol. The minimum absolute atomic E-state index is 0.0114. The first kappa shape index (κ1) is 17.2. The summed E-state index contributed by atoms with van der Waals surface area (Å²) in [6.45, 7) is 4.06. The van der Waals surface area contributed by atoms with Gasteiger partial charge in [-0.3, -0.25) is 4.90 Å². The van der Waals surface area contributed by atoms with Crippen LogP contribution in [0.2, 0.25) is 0 Å². The Labute approximate surface area is 145 Å². The molecule has 1 aliphatic rings. The molecule has 0 saturated carbocycles. The molecule has 24 heavy (non-hydrogen) atoms. The van der Waals surface area contributed by atoms with Gasteiger partial charge >= 0.3 is 0 Å². The molecule has 3 nitrogen and oxygen atoms in total. The highest BCUT2D eigenvalue weighted by molar-refractivity contribution is 5.29. The summed E-state index contributed by atoms with van der Waals surface area (Å²) in [4.78, 5) is 2.51. The Balaban J connectivity index is 1.61. The van der Waals surface area contributed by atoms with Crippen LogP contribution in [-0.4, -0.2) is 44.2 Å². The zero-order valence-electron chi connectivity index (χ0n) is 14.5. The van der Waals surface area contributed by atoms with Gasteiger partial charge in [0.15, 0.2) is 0 Å². The van der Waals surface area contributed by atoms with Crippen molar-refractivity contribution in [2.75, 3.05) is 33.3 Å². The van der Waals surface area contributed by atoms with Gasteiger partial charge in [0.2, 0.25) is 0 Å². The molecular formula is C21H28N2O. The summed E-state index contributed by atoms with van der Waals surface area (Å²) in [7, 11) is 2.06. The van der Waals surface area contributed by atoms with Crippen LogP contribution < -0.4 is 5.32 Å². The Hall–Kier alpha value is -1.68. The number of rotatable bonds is 7. The molecule has 1 saturated heterocycles. The third-order valence-electron chi connectivity index (χ3n) is 4.81. The van der Waals surface area contributed by atoms with Crippen molar-refractivity contribution in [3.8, 4) is 0 Å². The molecule has 128 valence electrons. The van der Waals surface area contributed by atoms with E-state index >= 15 is 0 Å². The number of piperidine rings is 1. The Bertz CT molecular complexity index is 548. The van der Waals surface area contributed by atoms with Crippen LogP contribution in [-0.2, 0) is 4.74 Å². The molecule has 0 bridgehead atoms. The molecule has 3 rings (SSSR count). The summed E-state index contributed by atoms with van der Waals surface area (Å²) >= 11 is 0. The highest BCUT2D eigenvalue weighted by Crippen LogP contribution is 2.25. The van der Waals surface area contributed by atoms with E-state index in [2.05, 4.69) is 77.9 Å². The predicted molar refractivity (Wildman–Crippen MR) is 99.2 cm³/mol. The van der Waals surface area contributed by atoms with Crippen molar-refractivity contribution < 1.29 is 4.74 Å². The first-order chi connectivity index (χ1) is 11.9. The lowest BCUT2D eigenvalue weighted by molar-refractivity contribution is 0.0525. The van der Waals surface area contributed by atoms with Gasteiger partial charge in [0.1, 0.15) is 6.10 Å². The number of likely N-dealkylation sites (tertiary alicyclic amines) is 1. The number of nitrogens with one attached hydrogen (secondary N) is 1. The van der Waals surface area contributed by atoms with E-state index in [1.54, 1.807) is 0 Å². The normalized spacial score (nSPS) is 18.8. The molecule has 0 spiro atoms. The monoisotopic (exact) mass is 324 g/mol. The van der Waals surface area contributed by atoms with E-state index in [1.807, 2.05) is 0 Å². The molecule has 2 aromatic rings. The Morgan fingerprint density at radius 1 is 1.04 bits per heavy atom. The van der Waals surface area contributed by atoms with E-state index < -0.39 is 0 Å². The lowest BCUT2D eigenvalue weighted by Gasteiger charge is -2.32. The van der Waals surface area contributed by atoms with Crippen LogP contribution in [0.3, 0.4) is 0 Å². The van der Waals surface area contributed by atoms with Crippen molar-refractivity contribution in [3.63, 3.8) is 0 Å². The lowest BCUT2D eigenvalue weighted by atomic mass is 10.0. The van der Waals surface area contributed by atoms with E-state index in [1.165, 1.54) is 30.5 Å². The Kier molecular flexibility index (Phi) is 6.41. The molecule has 1 atom stereocenters. The van der Waals surface area contributed by atoms with E-state index in [9.17, 15) is 0 Å². The van der Waals surface area contributed by atoms with E-state index in [4.69, 9.17) is 4.74 Å². The quantitative estimate of drug-likeness (QED) is 0.844. The molecular weight excluding hydrogens is 296 g/mol. The number of benzene rings is 2. The number of ether oxygens (including phenoxy) is 1. The van der Waals surface area contributed by atoms with Crippen molar-refractivity contribution in [2.45, 2.75) is 25.0 Å². The minimum atomic E-state index is 0.0114. The highest BCUT2D eigenvalue weighted by Gasteiger charge is 2.19. The Morgan fingerprint density at radius 3 is 2.25 bits per heavy atom. The van der Waals surface area contributed by atoms with Gasteiger partial charge < -0.3 is 10.1 Å². The molecule has 1 N–H and O–H groups in total. The number of likely N-dealkylation sites (N-methyl/N-ethyl adjacent to an activating group) is 1. The molecule has 0 amide bonds. The van der Waals surface area contributed by atoms with Crippen LogP contribution in [0, 0.1) is 0 Å². The average Bonchev–Trinajstić information content (AvgIpc) is 2.67. The Morgan fingerprint density at radius 2 is 1.67 bits per heavy atom. The fourth-order valence-electron chi connectivity index (χ4n) is 3.43. The first-order valence-corrected chi connectivity index (χ1v) is 8.98. The van der Waals surface area contributed by atoms with Gasteiger partial charge in [0, 0.05) is 19.1 Å². The van der Waals surface area contributed by atoms with Gasteiger partial charge in [-0.25, -0.2) is 0 Å². The molecule has 1 aliphatic heterocycles. The second kappa shape index (κ2) is 8.97. The van der Waals surface area contributed by atoms with E-state index in [-0.39, 0.29) is 6.10 Å². The van der Waals surface area contributed by atoms with Crippen molar-refractivity contribution in [1.29, 1.82) is 0 Å². The van der Waals surface area contributed by atoms with Crippen LogP contribution >= 0.6 is 0 Å². The highest BCUT2D eigenvalue weighted by atomic mass is 16.5. The molecule has 0 radical (unpaired) electrons. The first-order valence-electron chi connectivity index (χ1n) is 8.98. The third-order valence-corrected chi connectivity index (χ3v) is 4.81. The topological polar surface area (TPSA) is 24.5 Å². The molecule has 0 aliphatic carbocycles. The summed E-state index contributed by atoms with van der Waals surface area (Å²) in [5.41, 5.74) is 2.44. The van der Waals surface area contributed by atoms with Gasteiger partial charge in [-0.05, 0) is 37.6 Å². The number of hydrogen-bond acceptors (Lipinski definition) is 3. The zero-order chi connectivity index (χ0) is 16.6. The van der Waals surface area contributed by atoms with Crippen molar-refractivity contribution in [2.24, 2.45) is 0 Å². The molecule has 1 unspecified atom stereocenters. The fraction of sp³-hybridized carbons (Fsp3) is 0.429. The number of hydrogen-bond donors (Lipinski definition) is 1. The van der Waals surface area contributed by atoms with Crippen LogP contribution in [0.15, 0.2) is 60.7 Å². The van der Waals surface area contributed by atoms with Gasteiger partial charge in [-0.15, -0.1) is 0 Å². The van der Waals surface area contributed by atoms with Crippen molar-refractivity contribution in [3.05, 3.63) is 71.8 Å².